The zero-order chi connectivity index (χ0) is 13.1. The van der Waals surface area contributed by atoms with Gasteiger partial charge in [-0.1, -0.05) is 18.2 Å². The third kappa shape index (κ3) is 2.77. The Labute approximate surface area is 114 Å². The Morgan fingerprint density at radius 3 is 2.58 bits per heavy atom. The first-order valence-electron chi connectivity index (χ1n) is 5.96. The van der Waals surface area contributed by atoms with E-state index in [1.54, 1.807) is 17.4 Å². The molecule has 0 aliphatic heterocycles. The van der Waals surface area contributed by atoms with E-state index in [1.165, 1.54) is 4.88 Å². The predicted octanol–water partition coefficient (Wildman–Crippen LogP) is 3.04. The summed E-state index contributed by atoms with van der Waals surface area (Å²) in [6.07, 6.45) is 0. The van der Waals surface area contributed by atoms with E-state index in [0.717, 1.165) is 23.5 Å². The minimum atomic E-state index is -0.116. The van der Waals surface area contributed by atoms with Crippen molar-refractivity contribution in [3.8, 4) is 11.3 Å². The Hall–Kier alpha value is -2.27. The summed E-state index contributed by atoms with van der Waals surface area (Å²) in [5.41, 5.74) is 2.74. The molecule has 0 radical (unpaired) electrons. The molecule has 0 aliphatic rings. The standard InChI is InChI=1S/C14H13N3OS/c18-14-8-13(16-17-14)10-3-5-11(6-4-10)15-9-12-2-1-7-19-12/h1-8,15H,9H2,(H2,16,17,18). The largest absolute Gasteiger partial charge is 0.380 e. The Morgan fingerprint density at radius 1 is 1.11 bits per heavy atom. The van der Waals surface area contributed by atoms with Crippen LogP contribution in [0.2, 0.25) is 0 Å². The minimum Gasteiger partial charge on any atom is -0.380 e. The van der Waals surface area contributed by atoms with Gasteiger partial charge >= 0.3 is 0 Å². The molecule has 0 saturated carbocycles. The van der Waals surface area contributed by atoms with Gasteiger partial charge in [0, 0.05) is 23.2 Å². The zero-order valence-corrected chi connectivity index (χ0v) is 11.0. The molecule has 0 unspecified atom stereocenters. The number of H-pyrrole nitrogens is 2. The molecule has 3 rings (SSSR count). The van der Waals surface area contributed by atoms with Gasteiger partial charge in [0.25, 0.3) is 5.56 Å². The molecule has 0 amide bonds. The number of aromatic amines is 2. The third-order valence-corrected chi connectivity index (χ3v) is 3.71. The van der Waals surface area contributed by atoms with Crippen LogP contribution in [0.5, 0.6) is 0 Å². The number of nitrogens with one attached hydrogen (secondary N) is 3. The van der Waals surface area contributed by atoms with Crippen LogP contribution in [-0.2, 0) is 6.54 Å². The Bertz CT molecular complexity index is 695. The highest BCUT2D eigenvalue weighted by Crippen LogP contribution is 2.19. The van der Waals surface area contributed by atoms with Crippen molar-refractivity contribution in [3.05, 3.63) is 63.1 Å². The normalized spacial score (nSPS) is 10.5. The highest BCUT2D eigenvalue weighted by atomic mass is 32.1. The van der Waals surface area contributed by atoms with Gasteiger partial charge in [-0.2, -0.15) is 0 Å². The molecule has 4 nitrogen and oxygen atoms in total. The summed E-state index contributed by atoms with van der Waals surface area (Å²) in [5.74, 6) is 0. The Kier molecular flexibility index (Phi) is 3.20. The fraction of sp³-hybridized carbons (Fsp3) is 0.0714. The summed E-state index contributed by atoms with van der Waals surface area (Å²) in [4.78, 5) is 12.4. The Morgan fingerprint density at radius 2 is 1.95 bits per heavy atom. The lowest BCUT2D eigenvalue weighted by atomic mass is 10.1. The summed E-state index contributed by atoms with van der Waals surface area (Å²) in [6.45, 7) is 0.831. The lowest BCUT2D eigenvalue weighted by Crippen LogP contribution is -1.96. The maximum Gasteiger partial charge on any atom is 0.264 e. The lowest BCUT2D eigenvalue weighted by Gasteiger charge is -2.05. The molecule has 0 bridgehead atoms. The second-order valence-corrected chi connectivity index (χ2v) is 5.21. The van der Waals surface area contributed by atoms with Crippen LogP contribution in [0.25, 0.3) is 11.3 Å². The van der Waals surface area contributed by atoms with Crippen molar-refractivity contribution in [2.45, 2.75) is 6.54 Å². The molecule has 0 fully saturated rings. The first-order valence-corrected chi connectivity index (χ1v) is 6.83. The van der Waals surface area contributed by atoms with Gasteiger partial charge in [-0.15, -0.1) is 11.3 Å². The van der Waals surface area contributed by atoms with Crippen molar-refractivity contribution in [2.24, 2.45) is 0 Å². The lowest BCUT2D eigenvalue weighted by molar-refractivity contribution is 1.06. The molecule has 2 heterocycles. The topological polar surface area (TPSA) is 60.7 Å². The number of anilines is 1. The van der Waals surface area contributed by atoms with Crippen LogP contribution in [0.15, 0.2) is 52.6 Å². The van der Waals surface area contributed by atoms with Gasteiger partial charge in [0.2, 0.25) is 0 Å². The first-order chi connectivity index (χ1) is 9.31. The number of aromatic nitrogens is 2. The van der Waals surface area contributed by atoms with E-state index in [-0.39, 0.29) is 5.56 Å². The monoisotopic (exact) mass is 271 g/mol. The average Bonchev–Trinajstić information content (AvgIpc) is 3.08. The number of benzene rings is 1. The van der Waals surface area contributed by atoms with Crippen LogP contribution in [0.1, 0.15) is 4.88 Å². The quantitative estimate of drug-likeness (QED) is 0.683. The molecule has 96 valence electrons. The van der Waals surface area contributed by atoms with E-state index < -0.39 is 0 Å². The van der Waals surface area contributed by atoms with Crippen molar-refractivity contribution >= 4 is 17.0 Å². The minimum absolute atomic E-state index is 0.116. The van der Waals surface area contributed by atoms with Crippen molar-refractivity contribution in [3.63, 3.8) is 0 Å². The van der Waals surface area contributed by atoms with Gasteiger partial charge in [0.1, 0.15) is 0 Å². The number of hydrogen-bond donors (Lipinski definition) is 3. The number of thiophene rings is 1. The molecule has 0 aliphatic carbocycles. The van der Waals surface area contributed by atoms with Crippen LogP contribution in [-0.4, -0.2) is 10.2 Å². The van der Waals surface area contributed by atoms with Gasteiger partial charge in [-0.3, -0.25) is 15.0 Å². The summed E-state index contributed by atoms with van der Waals surface area (Å²) >= 11 is 1.74. The van der Waals surface area contributed by atoms with E-state index in [9.17, 15) is 4.79 Å². The first kappa shape index (κ1) is 11.8. The molecule has 19 heavy (non-hydrogen) atoms. The van der Waals surface area contributed by atoms with Crippen molar-refractivity contribution in [1.82, 2.24) is 10.2 Å². The molecule has 3 N–H and O–H groups in total. The van der Waals surface area contributed by atoms with Crippen molar-refractivity contribution < 1.29 is 0 Å². The average molecular weight is 271 g/mol. The summed E-state index contributed by atoms with van der Waals surface area (Å²) < 4.78 is 0. The maximum absolute atomic E-state index is 11.1. The molecular formula is C14H13N3OS. The van der Waals surface area contributed by atoms with Gasteiger partial charge < -0.3 is 5.32 Å². The fourth-order valence-corrected chi connectivity index (χ4v) is 2.50. The molecule has 1 aromatic carbocycles. The molecule has 3 aromatic rings. The molecular weight excluding hydrogens is 258 g/mol. The summed E-state index contributed by atoms with van der Waals surface area (Å²) in [6, 6.07) is 13.7. The SMILES string of the molecule is O=c1cc(-c2ccc(NCc3cccs3)cc2)[nH][nH]1. The van der Waals surface area contributed by atoms with Crippen LogP contribution in [0, 0.1) is 0 Å². The number of hydrogen-bond acceptors (Lipinski definition) is 3. The molecule has 0 saturated heterocycles. The number of rotatable bonds is 4. The van der Waals surface area contributed by atoms with E-state index in [4.69, 9.17) is 0 Å². The molecule has 0 spiro atoms. The van der Waals surface area contributed by atoms with Crippen LogP contribution in [0.3, 0.4) is 0 Å². The van der Waals surface area contributed by atoms with Crippen LogP contribution >= 0.6 is 11.3 Å². The predicted molar refractivity (Wildman–Crippen MR) is 78.5 cm³/mol. The van der Waals surface area contributed by atoms with E-state index >= 15 is 0 Å². The Balaban J connectivity index is 1.70. The van der Waals surface area contributed by atoms with Crippen molar-refractivity contribution in [2.75, 3.05) is 5.32 Å². The van der Waals surface area contributed by atoms with Gasteiger partial charge in [-0.05, 0) is 29.1 Å². The summed E-state index contributed by atoms with van der Waals surface area (Å²) in [5, 5.41) is 10.8. The summed E-state index contributed by atoms with van der Waals surface area (Å²) in [7, 11) is 0. The highest BCUT2D eigenvalue weighted by Gasteiger charge is 2.00. The van der Waals surface area contributed by atoms with Gasteiger partial charge in [-0.25, -0.2) is 0 Å². The zero-order valence-electron chi connectivity index (χ0n) is 10.1. The molecule has 2 aromatic heterocycles. The van der Waals surface area contributed by atoms with Crippen molar-refractivity contribution in [1.29, 1.82) is 0 Å². The maximum atomic E-state index is 11.1. The van der Waals surface area contributed by atoms with E-state index in [1.807, 2.05) is 30.3 Å². The molecule has 5 heteroatoms. The second kappa shape index (κ2) is 5.16. The van der Waals surface area contributed by atoms with Gasteiger partial charge in [0.05, 0.1) is 5.69 Å². The fourth-order valence-electron chi connectivity index (χ4n) is 1.86. The smallest absolute Gasteiger partial charge is 0.264 e. The second-order valence-electron chi connectivity index (χ2n) is 4.18. The van der Waals surface area contributed by atoms with Crippen LogP contribution < -0.4 is 10.9 Å². The van der Waals surface area contributed by atoms with E-state index in [0.29, 0.717) is 0 Å². The molecule has 0 atom stereocenters. The highest BCUT2D eigenvalue weighted by molar-refractivity contribution is 7.09. The van der Waals surface area contributed by atoms with E-state index in [2.05, 4.69) is 27.0 Å². The third-order valence-electron chi connectivity index (χ3n) is 2.84. The van der Waals surface area contributed by atoms with Gasteiger partial charge in [0.15, 0.2) is 0 Å². The van der Waals surface area contributed by atoms with Crippen LogP contribution in [0.4, 0.5) is 5.69 Å².